The van der Waals surface area contributed by atoms with Crippen LogP contribution in [0.25, 0.3) is 10.6 Å². The summed E-state index contributed by atoms with van der Waals surface area (Å²) in [6.07, 6.45) is 1.76. The number of benzene rings is 1. The summed E-state index contributed by atoms with van der Waals surface area (Å²) in [6, 6.07) is 12.0. The molecule has 0 aliphatic carbocycles. The van der Waals surface area contributed by atoms with Crippen molar-refractivity contribution in [2.45, 2.75) is 6.92 Å². The zero-order valence-electron chi connectivity index (χ0n) is 15.4. The van der Waals surface area contributed by atoms with E-state index in [0.717, 1.165) is 48.1 Å². The number of aromatic nitrogens is 3. The molecule has 8 heteroatoms. The van der Waals surface area contributed by atoms with Gasteiger partial charge in [-0.1, -0.05) is 29.5 Å². The molecule has 0 unspecified atom stereocenters. The van der Waals surface area contributed by atoms with Gasteiger partial charge in [0.05, 0.1) is 16.3 Å². The predicted molar refractivity (Wildman–Crippen MR) is 108 cm³/mol. The lowest BCUT2D eigenvalue weighted by molar-refractivity contribution is 0.240. The summed E-state index contributed by atoms with van der Waals surface area (Å²) >= 11 is 1.22. The van der Waals surface area contributed by atoms with Crippen LogP contribution in [0.2, 0.25) is 0 Å². The fraction of sp³-hybridized carbons (Fsp3) is 0.316. The predicted octanol–water partition coefficient (Wildman–Crippen LogP) is 2.17. The summed E-state index contributed by atoms with van der Waals surface area (Å²) < 4.78 is 1.66. The Balaban J connectivity index is 1.78. The van der Waals surface area contributed by atoms with E-state index in [0.29, 0.717) is 5.95 Å². The standard InChI is InChI=1S/C19H22N6OS/c1-14-17(27-19(26)23(14)2)16-8-9-21-18(22-16)25(15-6-4-3-5-7-15)24-12-10-20-11-13-24/h3-9,20H,10-13H2,1-2H3. The van der Waals surface area contributed by atoms with Crippen molar-refractivity contribution in [3.63, 3.8) is 0 Å². The summed E-state index contributed by atoms with van der Waals surface area (Å²) in [5.41, 5.74) is 2.72. The lowest BCUT2D eigenvalue weighted by Gasteiger charge is -2.37. The van der Waals surface area contributed by atoms with Crippen LogP contribution in [-0.4, -0.2) is 45.7 Å². The highest BCUT2D eigenvalue weighted by molar-refractivity contribution is 7.13. The minimum Gasteiger partial charge on any atom is -0.314 e. The highest BCUT2D eigenvalue weighted by Gasteiger charge is 2.23. The van der Waals surface area contributed by atoms with Crippen LogP contribution in [-0.2, 0) is 7.05 Å². The van der Waals surface area contributed by atoms with E-state index in [4.69, 9.17) is 4.98 Å². The second kappa shape index (κ2) is 7.59. The van der Waals surface area contributed by atoms with E-state index >= 15 is 0 Å². The molecule has 1 N–H and O–H groups in total. The van der Waals surface area contributed by atoms with Crippen LogP contribution in [0.15, 0.2) is 47.4 Å². The Labute approximate surface area is 161 Å². The first kappa shape index (κ1) is 17.8. The molecule has 1 aliphatic heterocycles. The molecule has 1 aromatic carbocycles. The maximum absolute atomic E-state index is 12.0. The Morgan fingerprint density at radius 1 is 1.15 bits per heavy atom. The summed E-state index contributed by atoms with van der Waals surface area (Å²) in [4.78, 5) is 22.3. The Bertz CT molecular complexity index is 977. The number of para-hydroxylation sites is 1. The third kappa shape index (κ3) is 3.51. The lowest BCUT2D eigenvalue weighted by Crippen LogP contribution is -2.51. The first-order valence-electron chi connectivity index (χ1n) is 8.96. The Morgan fingerprint density at radius 3 is 2.56 bits per heavy atom. The van der Waals surface area contributed by atoms with Gasteiger partial charge in [-0.15, -0.1) is 0 Å². The number of hydrogen-bond acceptors (Lipinski definition) is 7. The monoisotopic (exact) mass is 382 g/mol. The van der Waals surface area contributed by atoms with Gasteiger partial charge in [-0.2, -0.15) is 0 Å². The maximum Gasteiger partial charge on any atom is 0.307 e. The maximum atomic E-state index is 12.0. The molecule has 27 heavy (non-hydrogen) atoms. The van der Waals surface area contributed by atoms with Crippen molar-refractivity contribution in [3.8, 4) is 10.6 Å². The van der Waals surface area contributed by atoms with Gasteiger partial charge < -0.3 is 9.88 Å². The van der Waals surface area contributed by atoms with Crippen LogP contribution >= 0.6 is 11.3 Å². The van der Waals surface area contributed by atoms with Crippen molar-refractivity contribution in [2.75, 3.05) is 31.2 Å². The molecule has 0 saturated carbocycles. The first-order chi connectivity index (χ1) is 13.1. The van der Waals surface area contributed by atoms with E-state index in [9.17, 15) is 4.79 Å². The van der Waals surface area contributed by atoms with E-state index in [1.54, 1.807) is 17.8 Å². The van der Waals surface area contributed by atoms with Gasteiger partial charge in [0.25, 0.3) is 0 Å². The highest BCUT2D eigenvalue weighted by atomic mass is 32.1. The largest absolute Gasteiger partial charge is 0.314 e. The topological polar surface area (TPSA) is 66.3 Å². The van der Waals surface area contributed by atoms with Crippen LogP contribution in [0.5, 0.6) is 0 Å². The summed E-state index contributed by atoms with van der Waals surface area (Å²) in [6.45, 7) is 5.53. The molecule has 3 aromatic rings. The molecule has 7 nitrogen and oxygen atoms in total. The number of rotatable bonds is 4. The quantitative estimate of drug-likeness (QED) is 0.746. The second-order valence-corrected chi connectivity index (χ2v) is 7.40. The van der Waals surface area contributed by atoms with Crippen molar-refractivity contribution in [1.82, 2.24) is 24.9 Å². The molecule has 0 amide bonds. The van der Waals surface area contributed by atoms with E-state index in [1.807, 2.05) is 31.2 Å². The molecule has 0 atom stereocenters. The second-order valence-electron chi connectivity index (χ2n) is 6.43. The fourth-order valence-electron chi connectivity index (χ4n) is 3.16. The molecule has 1 fully saturated rings. The van der Waals surface area contributed by atoms with Crippen molar-refractivity contribution in [1.29, 1.82) is 0 Å². The first-order valence-corrected chi connectivity index (χ1v) is 9.77. The molecule has 1 saturated heterocycles. The van der Waals surface area contributed by atoms with Crippen LogP contribution in [0.1, 0.15) is 5.69 Å². The van der Waals surface area contributed by atoms with Crippen LogP contribution in [0.4, 0.5) is 11.6 Å². The van der Waals surface area contributed by atoms with Crippen molar-refractivity contribution < 1.29 is 0 Å². The van der Waals surface area contributed by atoms with Gasteiger partial charge in [0.15, 0.2) is 0 Å². The van der Waals surface area contributed by atoms with Crippen molar-refractivity contribution >= 4 is 23.0 Å². The molecule has 0 bridgehead atoms. The van der Waals surface area contributed by atoms with Crippen LogP contribution < -0.4 is 15.2 Å². The third-order valence-corrected chi connectivity index (χ3v) is 5.89. The Kier molecular flexibility index (Phi) is 5.02. The molecule has 2 aromatic heterocycles. The lowest BCUT2D eigenvalue weighted by atomic mass is 10.3. The number of thiazole rings is 1. The zero-order valence-corrected chi connectivity index (χ0v) is 16.2. The number of hydrogen-bond donors (Lipinski definition) is 1. The molecule has 1 aliphatic rings. The number of nitrogens with one attached hydrogen (secondary N) is 1. The summed E-state index contributed by atoms with van der Waals surface area (Å²) in [7, 11) is 1.79. The van der Waals surface area contributed by atoms with Crippen molar-refractivity contribution in [2.24, 2.45) is 7.05 Å². The van der Waals surface area contributed by atoms with E-state index in [-0.39, 0.29) is 4.87 Å². The van der Waals surface area contributed by atoms with Crippen molar-refractivity contribution in [3.05, 3.63) is 58.0 Å². The minimum absolute atomic E-state index is 0.0182. The van der Waals surface area contributed by atoms with Gasteiger partial charge in [0.2, 0.25) is 5.95 Å². The SMILES string of the molecule is Cc1c(-c2ccnc(N(c3ccccc3)N3CCNCC3)n2)sc(=O)n1C. The van der Waals surface area contributed by atoms with Gasteiger partial charge in [0, 0.05) is 45.1 Å². The number of anilines is 2. The molecular weight excluding hydrogens is 360 g/mol. The van der Waals surface area contributed by atoms with E-state index in [1.165, 1.54) is 11.3 Å². The number of nitrogens with zero attached hydrogens (tertiary/aromatic N) is 5. The normalized spacial score (nSPS) is 15.0. The van der Waals surface area contributed by atoms with Gasteiger partial charge in [-0.25, -0.2) is 20.0 Å². The average molecular weight is 382 g/mol. The van der Waals surface area contributed by atoms with Gasteiger partial charge in [-0.05, 0) is 25.1 Å². The minimum atomic E-state index is 0.0182. The Hall–Kier alpha value is -2.55. The number of piperazine rings is 1. The summed E-state index contributed by atoms with van der Waals surface area (Å²) in [5.74, 6) is 0.614. The highest BCUT2D eigenvalue weighted by Crippen LogP contribution is 2.29. The molecule has 140 valence electrons. The molecule has 0 spiro atoms. The molecule has 0 radical (unpaired) electrons. The average Bonchev–Trinajstić information content (AvgIpc) is 2.97. The van der Waals surface area contributed by atoms with Crippen LogP contribution in [0.3, 0.4) is 0 Å². The molecule has 3 heterocycles. The fourth-order valence-corrected chi connectivity index (χ4v) is 4.11. The van der Waals surface area contributed by atoms with Gasteiger partial charge >= 0.3 is 4.87 Å². The van der Waals surface area contributed by atoms with Gasteiger partial charge in [0.1, 0.15) is 0 Å². The smallest absolute Gasteiger partial charge is 0.307 e. The van der Waals surface area contributed by atoms with E-state index in [2.05, 4.69) is 32.5 Å². The Morgan fingerprint density at radius 2 is 1.89 bits per heavy atom. The zero-order chi connectivity index (χ0) is 18.8. The summed E-state index contributed by atoms with van der Waals surface area (Å²) in [5, 5.41) is 7.71. The third-order valence-electron chi connectivity index (χ3n) is 4.74. The number of hydrazine groups is 1. The van der Waals surface area contributed by atoms with E-state index < -0.39 is 0 Å². The van der Waals surface area contributed by atoms with Gasteiger partial charge in [-0.3, -0.25) is 4.79 Å². The van der Waals surface area contributed by atoms with Crippen LogP contribution in [0, 0.1) is 6.92 Å². The molecule has 4 rings (SSSR count). The molecular formula is C19H22N6OS.